The van der Waals surface area contributed by atoms with Gasteiger partial charge in [0.05, 0.1) is 0 Å². The van der Waals surface area contributed by atoms with E-state index in [1.807, 2.05) is 0 Å². The second kappa shape index (κ2) is 3.38. The van der Waals surface area contributed by atoms with Crippen molar-refractivity contribution in [1.29, 1.82) is 0 Å². The van der Waals surface area contributed by atoms with Gasteiger partial charge in [-0.15, -0.1) is 0 Å². The molecular formula is C7H4ClF2NO3. The van der Waals surface area contributed by atoms with Crippen molar-refractivity contribution < 1.29 is 18.7 Å². The fourth-order valence-corrected chi connectivity index (χ4v) is 0.925. The summed E-state index contributed by atoms with van der Waals surface area (Å²) in [5, 5.41) is 5.20. The molecule has 0 bridgehead atoms. The van der Waals surface area contributed by atoms with Crippen molar-refractivity contribution in [2.24, 2.45) is 0 Å². The zero-order valence-corrected chi connectivity index (χ0v) is 7.31. The molecule has 0 radical (unpaired) electrons. The minimum Gasteiger partial charge on any atom is -0.507 e. The van der Waals surface area contributed by atoms with E-state index >= 15 is 0 Å². The van der Waals surface area contributed by atoms with Crippen LogP contribution in [0.2, 0.25) is 0 Å². The predicted octanol–water partition coefficient (Wildman–Crippen LogP) is 1.18. The molecular weight excluding hydrogens is 220 g/mol. The molecule has 7 heteroatoms. The second-order valence-electron chi connectivity index (χ2n) is 2.43. The summed E-state index contributed by atoms with van der Waals surface area (Å²) in [6, 6.07) is 0.526. The summed E-state index contributed by atoms with van der Waals surface area (Å²) >= 11 is 4.60. The Morgan fingerprint density at radius 2 is 2.14 bits per heavy atom. The summed E-state index contributed by atoms with van der Waals surface area (Å²) in [5.41, 5.74) is -2.70. The first kappa shape index (κ1) is 10.6. The molecule has 0 aliphatic rings. The van der Waals surface area contributed by atoms with Crippen molar-refractivity contribution in [2.45, 2.75) is 5.38 Å². The van der Waals surface area contributed by atoms with Crippen LogP contribution in [-0.2, 0) is 5.38 Å². The predicted molar refractivity (Wildman–Crippen MR) is 43.9 cm³/mol. The number of hydrogen-bond acceptors (Lipinski definition) is 3. The van der Waals surface area contributed by atoms with Gasteiger partial charge in [-0.05, 0) is 11.6 Å². The summed E-state index contributed by atoms with van der Waals surface area (Å²) < 4.78 is 24.9. The maximum atomic E-state index is 12.4. The highest BCUT2D eigenvalue weighted by molar-refractivity contribution is 6.21. The van der Waals surface area contributed by atoms with Crippen molar-refractivity contribution in [1.82, 2.24) is 4.98 Å². The molecule has 1 aromatic heterocycles. The lowest BCUT2D eigenvalue weighted by atomic mass is 10.2. The fraction of sp³-hybridized carbons (Fsp3) is 0.143. The first-order chi connectivity index (χ1) is 6.36. The number of halogens is 3. The van der Waals surface area contributed by atoms with Crippen LogP contribution in [0.5, 0.6) is 5.75 Å². The Kier molecular flexibility index (Phi) is 2.57. The molecule has 0 amide bonds. The zero-order chi connectivity index (χ0) is 10.9. The molecule has 14 heavy (non-hydrogen) atoms. The zero-order valence-electron chi connectivity index (χ0n) is 6.55. The Hall–Kier alpha value is -1.43. The van der Waals surface area contributed by atoms with Gasteiger partial charge in [0.1, 0.15) is 17.0 Å². The van der Waals surface area contributed by atoms with Crippen LogP contribution in [0, 0.1) is 0 Å². The molecule has 0 aliphatic carbocycles. The van der Waals surface area contributed by atoms with Gasteiger partial charge >= 0.3 is 5.38 Å². The summed E-state index contributed by atoms with van der Waals surface area (Å²) in [4.78, 5) is 22.8. The Balaban J connectivity index is 3.43. The number of alkyl halides is 3. The van der Waals surface area contributed by atoms with E-state index < -0.39 is 27.9 Å². The number of aromatic amines is 1. The van der Waals surface area contributed by atoms with E-state index in [1.54, 1.807) is 4.98 Å². The fourth-order valence-electron chi connectivity index (χ4n) is 0.823. The normalized spacial score (nSPS) is 11.4. The SMILES string of the molecule is O=Cc1c(O)cc(C(F)(F)Cl)[nH]c1=O. The lowest BCUT2D eigenvalue weighted by Gasteiger charge is -2.08. The monoisotopic (exact) mass is 223 g/mol. The van der Waals surface area contributed by atoms with Crippen molar-refractivity contribution in [3.8, 4) is 5.75 Å². The average molecular weight is 224 g/mol. The smallest absolute Gasteiger partial charge is 0.362 e. The van der Waals surface area contributed by atoms with Crippen LogP contribution in [-0.4, -0.2) is 16.4 Å². The number of aldehydes is 1. The Morgan fingerprint density at radius 1 is 1.57 bits per heavy atom. The van der Waals surface area contributed by atoms with E-state index in [0.29, 0.717) is 6.07 Å². The molecule has 4 nitrogen and oxygen atoms in total. The Labute approximate surface area is 81.1 Å². The number of carbonyl (C=O) groups is 1. The van der Waals surface area contributed by atoms with Gasteiger partial charge in [0, 0.05) is 6.07 Å². The minimum atomic E-state index is -3.79. The highest BCUT2D eigenvalue weighted by Gasteiger charge is 2.30. The maximum Gasteiger partial charge on any atom is 0.362 e. The molecule has 0 fully saturated rings. The molecule has 1 rings (SSSR count). The summed E-state index contributed by atoms with van der Waals surface area (Å²) in [5.74, 6) is -0.834. The number of pyridine rings is 1. The van der Waals surface area contributed by atoms with E-state index in [-0.39, 0.29) is 6.29 Å². The third-order valence-electron chi connectivity index (χ3n) is 1.47. The van der Waals surface area contributed by atoms with Gasteiger partial charge < -0.3 is 10.1 Å². The largest absolute Gasteiger partial charge is 0.507 e. The lowest BCUT2D eigenvalue weighted by Crippen LogP contribution is -2.18. The standard InChI is InChI=1S/C7H4ClF2NO3/c8-7(9,10)5-1-4(13)3(2-12)6(14)11-5/h1-2H,(H2,11,13,14). The molecule has 0 aliphatic heterocycles. The Morgan fingerprint density at radius 3 is 2.50 bits per heavy atom. The number of rotatable bonds is 2. The van der Waals surface area contributed by atoms with Gasteiger partial charge in [-0.2, -0.15) is 8.78 Å². The number of H-pyrrole nitrogens is 1. The van der Waals surface area contributed by atoms with Crippen LogP contribution in [0.3, 0.4) is 0 Å². The van der Waals surface area contributed by atoms with Crippen LogP contribution >= 0.6 is 11.6 Å². The topological polar surface area (TPSA) is 70.2 Å². The second-order valence-corrected chi connectivity index (χ2v) is 2.90. The lowest BCUT2D eigenvalue weighted by molar-refractivity contribution is 0.0891. The van der Waals surface area contributed by atoms with Gasteiger partial charge in [-0.3, -0.25) is 9.59 Å². The van der Waals surface area contributed by atoms with E-state index in [0.717, 1.165) is 0 Å². The van der Waals surface area contributed by atoms with E-state index in [4.69, 9.17) is 5.11 Å². The molecule has 0 saturated carbocycles. The molecule has 2 N–H and O–H groups in total. The van der Waals surface area contributed by atoms with Gasteiger partial charge in [-0.1, -0.05) is 0 Å². The van der Waals surface area contributed by atoms with Crippen LogP contribution in [0.15, 0.2) is 10.9 Å². The van der Waals surface area contributed by atoms with Crippen molar-refractivity contribution in [2.75, 3.05) is 0 Å². The number of aromatic nitrogens is 1. The summed E-state index contributed by atoms with van der Waals surface area (Å²) in [6.07, 6.45) is 0.0598. The highest BCUT2D eigenvalue weighted by atomic mass is 35.5. The van der Waals surface area contributed by atoms with Gasteiger partial charge in [0.25, 0.3) is 5.56 Å². The first-order valence-corrected chi connectivity index (χ1v) is 3.72. The molecule has 76 valence electrons. The van der Waals surface area contributed by atoms with Crippen LogP contribution < -0.4 is 5.56 Å². The number of nitrogens with one attached hydrogen (secondary N) is 1. The summed E-state index contributed by atoms with van der Waals surface area (Å²) in [6.45, 7) is 0. The quantitative estimate of drug-likeness (QED) is 0.584. The molecule has 0 spiro atoms. The molecule has 1 heterocycles. The van der Waals surface area contributed by atoms with Gasteiger partial charge in [0.2, 0.25) is 0 Å². The number of carbonyl (C=O) groups excluding carboxylic acids is 1. The third kappa shape index (κ3) is 1.90. The highest BCUT2D eigenvalue weighted by Crippen LogP contribution is 2.31. The van der Waals surface area contributed by atoms with Crippen LogP contribution in [0.4, 0.5) is 8.78 Å². The number of aromatic hydroxyl groups is 1. The van der Waals surface area contributed by atoms with Crippen LogP contribution in [0.1, 0.15) is 16.1 Å². The van der Waals surface area contributed by atoms with E-state index in [9.17, 15) is 18.4 Å². The average Bonchev–Trinajstić information content (AvgIpc) is 2.01. The molecule has 0 aromatic carbocycles. The maximum absolute atomic E-state index is 12.4. The number of hydrogen-bond donors (Lipinski definition) is 2. The summed E-state index contributed by atoms with van der Waals surface area (Å²) in [7, 11) is 0. The molecule has 1 aromatic rings. The Bertz CT molecular complexity index is 424. The van der Waals surface area contributed by atoms with Crippen molar-refractivity contribution in [3.63, 3.8) is 0 Å². The third-order valence-corrected chi connectivity index (χ3v) is 1.68. The van der Waals surface area contributed by atoms with Crippen molar-refractivity contribution >= 4 is 17.9 Å². The van der Waals surface area contributed by atoms with Crippen molar-refractivity contribution in [3.05, 3.63) is 27.7 Å². The van der Waals surface area contributed by atoms with Crippen LogP contribution in [0.25, 0.3) is 0 Å². The minimum absolute atomic E-state index is 0.0598. The van der Waals surface area contributed by atoms with E-state index in [1.165, 1.54) is 0 Å². The molecule has 0 atom stereocenters. The first-order valence-electron chi connectivity index (χ1n) is 3.35. The van der Waals surface area contributed by atoms with E-state index in [2.05, 4.69) is 11.6 Å². The molecule has 0 unspecified atom stereocenters. The molecule has 0 saturated heterocycles. The van der Waals surface area contributed by atoms with Gasteiger partial charge in [0.15, 0.2) is 6.29 Å². The van der Waals surface area contributed by atoms with Gasteiger partial charge in [-0.25, -0.2) is 0 Å².